The van der Waals surface area contributed by atoms with Gasteiger partial charge in [-0.1, -0.05) is 0 Å². The summed E-state index contributed by atoms with van der Waals surface area (Å²) in [6.45, 7) is 4.68. The van der Waals surface area contributed by atoms with E-state index in [1.807, 2.05) is 19.1 Å². The van der Waals surface area contributed by atoms with Gasteiger partial charge >= 0.3 is 0 Å². The molecule has 0 bridgehead atoms. The summed E-state index contributed by atoms with van der Waals surface area (Å²) in [5.41, 5.74) is 3.37. The minimum Gasteiger partial charge on any atom is -0.356 e. The van der Waals surface area contributed by atoms with E-state index in [-0.39, 0.29) is 5.56 Å². The molecule has 6 heteroatoms. The second-order valence-corrected chi connectivity index (χ2v) is 7.29. The summed E-state index contributed by atoms with van der Waals surface area (Å²) in [4.78, 5) is 23.2. The molecule has 1 saturated heterocycles. The molecule has 2 aromatic rings. The zero-order valence-electron chi connectivity index (χ0n) is 14.8. The average molecular weight is 339 g/mol. The van der Waals surface area contributed by atoms with Crippen LogP contribution in [0.2, 0.25) is 0 Å². The lowest BCUT2D eigenvalue weighted by Gasteiger charge is -2.33. The highest BCUT2D eigenvalue weighted by atomic mass is 16.1. The summed E-state index contributed by atoms with van der Waals surface area (Å²) in [6.07, 6.45) is 8.15. The predicted molar refractivity (Wildman–Crippen MR) is 96.8 cm³/mol. The first kappa shape index (κ1) is 16.2. The average Bonchev–Trinajstić information content (AvgIpc) is 2.63. The number of fused-ring (bicyclic) bond motifs is 1. The highest BCUT2D eigenvalue weighted by Crippen LogP contribution is 2.23. The van der Waals surface area contributed by atoms with Crippen molar-refractivity contribution >= 4 is 5.82 Å². The molecule has 1 aliphatic carbocycles. The van der Waals surface area contributed by atoms with Gasteiger partial charge in [0.05, 0.1) is 5.69 Å². The van der Waals surface area contributed by atoms with Gasteiger partial charge in [0.15, 0.2) is 0 Å². The Hall–Kier alpha value is -2.24. The molecule has 1 fully saturated rings. The normalized spacial score (nSPS) is 18.2. The third-order valence-corrected chi connectivity index (χ3v) is 5.43. The van der Waals surface area contributed by atoms with Crippen LogP contribution in [0, 0.1) is 12.8 Å². The van der Waals surface area contributed by atoms with Crippen LogP contribution in [0.25, 0.3) is 0 Å². The SMILES string of the molecule is Cc1cc(N2CCC(Cn3nc4c(cc3=O)CCCC4)CC2)ncn1. The van der Waals surface area contributed by atoms with Gasteiger partial charge in [0.2, 0.25) is 0 Å². The van der Waals surface area contributed by atoms with Crippen molar-refractivity contribution in [2.24, 2.45) is 5.92 Å². The molecule has 132 valence electrons. The summed E-state index contributed by atoms with van der Waals surface area (Å²) in [5, 5.41) is 4.67. The first-order valence-electron chi connectivity index (χ1n) is 9.32. The van der Waals surface area contributed by atoms with Crippen LogP contribution in [0.5, 0.6) is 0 Å². The minimum absolute atomic E-state index is 0.0644. The molecule has 0 spiro atoms. The fourth-order valence-electron chi connectivity index (χ4n) is 3.93. The summed E-state index contributed by atoms with van der Waals surface area (Å²) in [6, 6.07) is 3.86. The molecule has 1 aliphatic heterocycles. The third-order valence-electron chi connectivity index (χ3n) is 5.43. The van der Waals surface area contributed by atoms with Crippen molar-refractivity contribution in [2.45, 2.75) is 52.0 Å². The minimum atomic E-state index is 0.0644. The maximum atomic E-state index is 12.4. The van der Waals surface area contributed by atoms with Crippen molar-refractivity contribution < 1.29 is 0 Å². The number of anilines is 1. The molecule has 0 unspecified atom stereocenters. The smallest absolute Gasteiger partial charge is 0.267 e. The molecule has 0 atom stereocenters. The molecule has 0 N–H and O–H groups in total. The Morgan fingerprint density at radius 1 is 1.12 bits per heavy atom. The first-order valence-corrected chi connectivity index (χ1v) is 9.32. The van der Waals surface area contributed by atoms with Gasteiger partial charge in [-0.3, -0.25) is 4.79 Å². The zero-order chi connectivity index (χ0) is 17.2. The van der Waals surface area contributed by atoms with E-state index >= 15 is 0 Å². The van der Waals surface area contributed by atoms with Crippen LogP contribution in [0.4, 0.5) is 5.82 Å². The summed E-state index contributed by atoms with van der Waals surface area (Å²) in [5.74, 6) is 1.51. The van der Waals surface area contributed by atoms with Crippen LogP contribution < -0.4 is 10.5 Å². The van der Waals surface area contributed by atoms with Crippen LogP contribution >= 0.6 is 0 Å². The highest BCUT2D eigenvalue weighted by Gasteiger charge is 2.22. The van der Waals surface area contributed by atoms with Crippen LogP contribution in [0.15, 0.2) is 23.3 Å². The molecule has 6 nitrogen and oxygen atoms in total. The molecular formula is C19H25N5O. The number of nitrogens with zero attached hydrogens (tertiary/aromatic N) is 5. The van der Waals surface area contributed by atoms with E-state index in [2.05, 4.69) is 20.0 Å². The lowest BCUT2D eigenvalue weighted by atomic mass is 9.96. The maximum absolute atomic E-state index is 12.4. The van der Waals surface area contributed by atoms with Gasteiger partial charge in [-0.25, -0.2) is 14.6 Å². The number of hydrogen-bond donors (Lipinski definition) is 0. The quantitative estimate of drug-likeness (QED) is 0.857. The van der Waals surface area contributed by atoms with Gasteiger partial charge in [-0.2, -0.15) is 5.10 Å². The fourth-order valence-corrected chi connectivity index (χ4v) is 3.93. The molecule has 0 radical (unpaired) electrons. The largest absolute Gasteiger partial charge is 0.356 e. The Balaban J connectivity index is 1.41. The van der Waals surface area contributed by atoms with E-state index in [0.29, 0.717) is 5.92 Å². The van der Waals surface area contributed by atoms with E-state index in [0.717, 1.165) is 62.5 Å². The highest BCUT2D eigenvalue weighted by molar-refractivity contribution is 5.38. The zero-order valence-corrected chi connectivity index (χ0v) is 14.8. The van der Waals surface area contributed by atoms with Crippen LogP contribution in [-0.2, 0) is 19.4 Å². The van der Waals surface area contributed by atoms with E-state index in [9.17, 15) is 4.79 Å². The second kappa shape index (κ2) is 6.94. The van der Waals surface area contributed by atoms with Crippen molar-refractivity contribution in [3.63, 3.8) is 0 Å². The Kier molecular flexibility index (Phi) is 4.51. The van der Waals surface area contributed by atoms with E-state index < -0.39 is 0 Å². The number of aryl methyl sites for hydroxylation is 3. The van der Waals surface area contributed by atoms with Crippen molar-refractivity contribution in [3.05, 3.63) is 45.8 Å². The summed E-state index contributed by atoms with van der Waals surface area (Å²) >= 11 is 0. The predicted octanol–water partition coefficient (Wildman–Crippen LogP) is 2.14. The van der Waals surface area contributed by atoms with Gasteiger partial charge < -0.3 is 4.90 Å². The van der Waals surface area contributed by atoms with E-state index in [1.54, 1.807) is 11.0 Å². The van der Waals surface area contributed by atoms with Crippen LogP contribution in [0.1, 0.15) is 42.6 Å². The maximum Gasteiger partial charge on any atom is 0.267 e. The molecule has 4 rings (SSSR count). The molecule has 2 aromatic heterocycles. The summed E-state index contributed by atoms with van der Waals surface area (Å²) < 4.78 is 1.71. The molecule has 0 aromatic carbocycles. The molecule has 3 heterocycles. The van der Waals surface area contributed by atoms with Gasteiger partial charge in [-0.05, 0) is 56.9 Å². The molecule has 2 aliphatic rings. The standard InChI is InChI=1S/C19H25N5O/c1-14-10-18(21-13-20-14)23-8-6-15(7-9-23)12-24-19(25)11-16-4-2-3-5-17(16)22-24/h10-11,13,15H,2-9,12H2,1H3. The molecule has 0 amide bonds. The summed E-state index contributed by atoms with van der Waals surface area (Å²) in [7, 11) is 0. The lowest BCUT2D eigenvalue weighted by molar-refractivity contribution is 0.331. The van der Waals surface area contributed by atoms with Crippen LogP contribution in [0.3, 0.4) is 0 Å². The number of hydrogen-bond acceptors (Lipinski definition) is 5. The third kappa shape index (κ3) is 3.57. The topological polar surface area (TPSA) is 63.9 Å². The Bertz CT molecular complexity index is 808. The monoisotopic (exact) mass is 339 g/mol. The fraction of sp³-hybridized carbons (Fsp3) is 0.579. The Labute approximate surface area is 147 Å². The van der Waals surface area contributed by atoms with Crippen LogP contribution in [-0.4, -0.2) is 32.8 Å². The number of aromatic nitrogens is 4. The van der Waals surface area contributed by atoms with Crippen molar-refractivity contribution in [2.75, 3.05) is 18.0 Å². The molecular weight excluding hydrogens is 314 g/mol. The van der Waals surface area contributed by atoms with Gasteiger partial charge in [0.1, 0.15) is 12.1 Å². The first-order chi connectivity index (χ1) is 12.2. The van der Waals surface area contributed by atoms with Gasteiger partial charge in [0.25, 0.3) is 5.56 Å². The Morgan fingerprint density at radius 2 is 1.92 bits per heavy atom. The van der Waals surface area contributed by atoms with Crippen molar-refractivity contribution in [3.8, 4) is 0 Å². The van der Waals surface area contributed by atoms with Crippen molar-refractivity contribution in [1.82, 2.24) is 19.7 Å². The van der Waals surface area contributed by atoms with Crippen molar-refractivity contribution in [1.29, 1.82) is 0 Å². The lowest BCUT2D eigenvalue weighted by Crippen LogP contribution is -2.37. The molecule has 0 saturated carbocycles. The second-order valence-electron chi connectivity index (χ2n) is 7.29. The number of piperidine rings is 1. The van der Waals surface area contributed by atoms with Gasteiger partial charge in [0, 0.05) is 37.5 Å². The Morgan fingerprint density at radius 3 is 2.72 bits per heavy atom. The number of rotatable bonds is 3. The molecule has 25 heavy (non-hydrogen) atoms. The van der Waals surface area contributed by atoms with E-state index in [1.165, 1.54) is 18.4 Å². The van der Waals surface area contributed by atoms with E-state index in [4.69, 9.17) is 0 Å². The van der Waals surface area contributed by atoms with Gasteiger partial charge in [-0.15, -0.1) is 0 Å².